The van der Waals surface area contributed by atoms with E-state index in [-0.39, 0.29) is 5.91 Å². The Morgan fingerprint density at radius 3 is 2.80 bits per heavy atom. The van der Waals surface area contributed by atoms with Gasteiger partial charge in [-0.15, -0.1) is 0 Å². The third-order valence-electron chi connectivity index (χ3n) is 3.95. The van der Waals surface area contributed by atoms with Crippen molar-refractivity contribution in [2.45, 2.75) is 13.1 Å². The van der Waals surface area contributed by atoms with Gasteiger partial charge in [-0.2, -0.15) is 16.4 Å². The van der Waals surface area contributed by atoms with E-state index in [1.807, 2.05) is 45.8 Å². The summed E-state index contributed by atoms with van der Waals surface area (Å²) in [5.74, 6) is -0.128. The zero-order chi connectivity index (χ0) is 17.1. The molecule has 0 bridgehead atoms. The number of pyridine rings is 1. The Morgan fingerprint density at radius 2 is 2.00 bits per heavy atom. The minimum atomic E-state index is -0.128. The van der Waals surface area contributed by atoms with Gasteiger partial charge in [0.25, 0.3) is 5.91 Å². The fraction of sp³-hybridized carbons (Fsp3) is 0.105. The summed E-state index contributed by atoms with van der Waals surface area (Å²) in [7, 11) is 0. The molecular weight excluding hydrogens is 332 g/mol. The van der Waals surface area contributed by atoms with Crippen molar-refractivity contribution in [3.63, 3.8) is 0 Å². The molecule has 3 aromatic heterocycles. The second-order valence-corrected chi connectivity index (χ2v) is 6.52. The van der Waals surface area contributed by atoms with Gasteiger partial charge in [-0.3, -0.25) is 4.79 Å². The van der Waals surface area contributed by atoms with Crippen LogP contribution in [0.1, 0.15) is 21.5 Å². The Labute approximate surface area is 149 Å². The highest BCUT2D eigenvalue weighted by molar-refractivity contribution is 7.07. The van der Waals surface area contributed by atoms with Crippen molar-refractivity contribution in [2.75, 3.05) is 0 Å². The molecule has 0 atom stereocenters. The highest BCUT2D eigenvalue weighted by Crippen LogP contribution is 2.15. The highest BCUT2D eigenvalue weighted by atomic mass is 32.1. The predicted molar refractivity (Wildman–Crippen MR) is 98.6 cm³/mol. The average molecular weight is 348 g/mol. The lowest BCUT2D eigenvalue weighted by atomic mass is 10.2. The van der Waals surface area contributed by atoms with Crippen LogP contribution in [0.4, 0.5) is 0 Å². The van der Waals surface area contributed by atoms with Gasteiger partial charge in [0.2, 0.25) is 0 Å². The van der Waals surface area contributed by atoms with E-state index >= 15 is 0 Å². The van der Waals surface area contributed by atoms with Crippen LogP contribution in [-0.2, 0) is 13.1 Å². The first kappa shape index (κ1) is 15.5. The van der Waals surface area contributed by atoms with Crippen LogP contribution in [0.3, 0.4) is 0 Å². The number of nitrogens with one attached hydrogen (secondary N) is 1. The van der Waals surface area contributed by atoms with Crippen LogP contribution in [0.25, 0.3) is 11.0 Å². The Hall–Kier alpha value is -2.99. The number of hydrogen-bond acceptors (Lipinski definition) is 4. The van der Waals surface area contributed by atoms with Gasteiger partial charge in [-0.05, 0) is 34.0 Å². The summed E-state index contributed by atoms with van der Waals surface area (Å²) in [6.07, 6.45) is 3.36. The van der Waals surface area contributed by atoms with Crippen molar-refractivity contribution >= 4 is 28.3 Å². The van der Waals surface area contributed by atoms with E-state index in [0.29, 0.717) is 18.7 Å². The minimum Gasteiger partial charge on any atom is -0.348 e. The molecule has 25 heavy (non-hydrogen) atoms. The Morgan fingerprint density at radius 1 is 1.12 bits per heavy atom. The summed E-state index contributed by atoms with van der Waals surface area (Å²) < 4.78 is 1.84. The summed E-state index contributed by atoms with van der Waals surface area (Å²) in [5.41, 5.74) is 3.58. The molecule has 0 radical (unpaired) electrons. The lowest BCUT2D eigenvalue weighted by Gasteiger charge is -2.05. The van der Waals surface area contributed by atoms with Crippen LogP contribution in [0.2, 0.25) is 0 Å². The van der Waals surface area contributed by atoms with Crippen LogP contribution in [0.5, 0.6) is 0 Å². The molecule has 1 N–H and O–H groups in total. The smallest absolute Gasteiger partial charge is 0.253 e. The number of carbonyl (C=O) groups is 1. The lowest BCUT2D eigenvalue weighted by molar-refractivity contribution is 0.0950. The normalized spacial score (nSPS) is 10.9. The lowest BCUT2D eigenvalue weighted by Crippen LogP contribution is -2.22. The van der Waals surface area contributed by atoms with Gasteiger partial charge >= 0.3 is 0 Å². The van der Waals surface area contributed by atoms with E-state index in [1.54, 1.807) is 23.7 Å². The van der Waals surface area contributed by atoms with Gasteiger partial charge in [0, 0.05) is 18.1 Å². The van der Waals surface area contributed by atoms with Crippen molar-refractivity contribution in [2.24, 2.45) is 0 Å². The summed E-state index contributed by atoms with van der Waals surface area (Å²) in [6, 6.07) is 13.9. The van der Waals surface area contributed by atoms with Gasteiger partial charge in [0.15, 0.2) is 5.65 Å². The number of carbonyl (C=O) groups excluding carboxylic acids is 1. The van der Waals surface area contributed by atoms with Gasteiger partial charge in [-0.25, -0.2) is 9.67 Å². The summed E-state index contributed by atoms with van der Waals surface area (Å²) >= 11 is 1.62. The molecule has 0 unspecified atom stereocenters. The van der Waals surface area contributed by atoms with E-state index in [0.717, 1.165) is 22.2 Å². The molecule has 6 heteroatoms. The fourth-order valence-electron chi connectivity index (χ4n) is 2.65. The molecule has 3 heterocycles. The predicted octanol–water partition coefficient (Wildman–Crippen LogP) is 3.47. The monoisotopic (exact) mass is 348 g/mol. The number of nitrogens with zero attached hydrogens (tertiary/aromatic N) is 3. The zero-order valence-corrected chi connectivity index (χ0v) is 14.2. The molecule has 0 fully saturated rings. The van der Waals surface area contributed by atoms with Gasteiger partial charge < -0.3 is 5.32 Å². The van der Waals surface area contributed by atoms with Gasteiger partial charge in [0.05, 0.1) is 18.3 Å². The zero-order valence-electron chi connectivity index (χ0n) is 13.4. The van der Waals surface area contributed by atoms with Crippen molar-refractivity contribution in [3.05, 3.63) is 82.3 Å². The Balaban J connectivity index is 1.52. The molecule has 0 aliphatic carbocycles. The molecule has 0 saturated heterocycles. The number of hydrogen-bond donors (Lipinski definition) is 1. The maximum absolute atomic E-state index is 12.3. The number of aromatic nitrogens is 3. The average Bonchev–Trinajstić information content (AvgIpc) is 3.30. The number of fused-ring (bicyclic) bond motifs is 1. The maximum Gasteiger partial charge on any atom is 0.253 e. The van der Waals surface area contributed by atoms with Crippen LogP contribution in [-0.4, -0.2) is 20.7 Å². The molecule has 0 aliphatic rings. The number of thiophene rings is 1. The second-order valence-electron chi connectivity index (χ2n) is 5.74. The van der Waals surface area contributed by atoms with Gasteiger partial charge in [-0.1, -0.05) is 30.3 Å². The highest BCUT2D eigenvalue weighted by Gasteiger charge is 2.10. The molecule has 124 valence electrons. The fourth-order valence-corrected chi connectivity index (χ4v) is 3.31. The van der Waals surface area contributed by atoms with Gasteiger partial charge in [0.1, 0.15) is 0 Å². The van der Waals surface area contributed by atoms with Crippen molar-refractivity contribution in [1.82, 2.24) is 20.1 Å². The van der Waals surface area contributed by atoms with E-state index in [2.05, 4.69) is 27.5 Å². The first-order chi connectivity index (χ1) is 12.3. The number of amides is 1. The topological polar surface area (TPSA) is 59.8 Å². The Bertz CT molecular complexity index is 993. The van der Waals surface area contributed by atoms with Crippen LogP contribution in [0.15, 0.2) is 65.6 Å². The van der Waals surface area contributed by atoms with E-state index in [1.165, 1.54) is 0 Å². The molecule has 1 amide bonds. The molecule has 4 rings (SSSR count). The first-order valence-electron chi connectivity index (χ1n) is 7.94. The first-order valence-corrected chi connectivity index (χ1v) is 8.88. The maximum atomic E-state index is 12.3. The second kappa shape index (κ2) is 6.86. The Kier molecular flexibility index (Phi) is 4.26. The largest absolute Gasteiger partial charge is 0.348 e. The van der Waals surface area contributed by atoms with E-state index in [9.17, 15) is 4.79 Å². The summed E-state index contributed by atoms with van der Waals surface area (Å²) in [6.45, 7) is 1.18. The molecule has 0 saturated carbocycles. The molecule has 1 aromatic carbocycles. The molecular formula is C19H16N4OS. The standard InChI is InChI=1S/C19H16N4OS/c24-19(21-9-15-6-7-25-13-15)17-8-16-11-22-23(18(16)20-10-17)12-14-4-2-1-3-5-14/h1-8,10-11,13H,9,12H2,(H,21,24). The van der Waals surface area contributed by atoms with Crippen LogP contribution < -0.4 is 5.32 Å². The van der Waals surface area contributed by atoms with Crippen LogP contribution in [0, 0.1) is 0 Å². The van der Waals surface area contributed by atoms with Crippen molar-refractivity contribution < 1.29 is 4.79 Å². The quantitative estimate of drug-likeness (QED) is 0.601. The third kappa shape index (κ3) is 3.44. The molecule has 0 aliphatic heterocycles. The van der Waals surface area contributed by atoms with Crippen molar-refractivity contribution in [1.29, 1.82) is 0 Å². The van der Waals surface area contributed by atoms with E-state index < -0.39 is 0 Å². The van der Waals surface area contributed by atoms with Crippen molar-refractivity contribution in [3.8, 4) is 0 Å². The summed E-state index contributed by atoms with van der Waals surface area (Å²) in [4.78, 5) is 16.8. The SMILES string of the molecule is O=C(NCc1ccsc1)c1cnc2c(cnn2Cc2ccccc2)c1. The summed E-state index contributed by atoms with van der Waals surface area (Å²) in [5, 5.41) is 12.2. The molecule has 5 nitrogen and oxygen atoms in total. The van der Waals surface area contributed by atoms with Crippen LogP contribution >= 0.6 is 11.3 Å². The molecule has 0 spiro atoms. The number of benzene rings is 1. The number of rotatable bonds is 5. The molecule has 4 aromatic rings. The minimum absolute atomic E-state index is 0.128. The third-order valence-corrected chi connectivity index (χ3v) is 4.68. The van der Waals surface area contributed by atoms with E-state index in [4.69, 9.17) is 0 Å².